The summed E-state index contributed by atoms with van der Waals surface area (Å²) in [5.74, 6) is -0.513. The average Bonchev–Trinajstić information content (AvgIpc) is 3.24. The Balaban J connectivity index is 4.65. The minimum atomic E-state index is -0.798. The second-order valence-electron chi connectivity index (χ2n) is 16.8. The molecule has 3 N–H and O–H groups in total. The van der Waals surface area contributed by atoms with Crippen LogP contribution in [0.5, 0.6) is 0 Å². The fourth-order valence-electron chi connectivity index (χ4n) is 7.28. The van der Waals surface area contributed by atoms with E-state index in [0.29, 0.717) is 19.3 Å². The predicted molar refractivity (Wildman–Crippen MR) is 259 cm³/mol. The molecule has 0 heterocycles. The van der Waals surface area contributed by atoms with Crippen LogP contribution in [0, 0.1) is 0 Å². The summed E-state index contributed by atoms with van der Waals surface area (Å²) in [6.07, 6.45) is 59.6. The number of amides is 1. The van der Waals surface area contributed by atoms with E-state index in [1.54, 1.807) is 0 Å². The Hall–Kier alpha value is -2.70. The number of aliphatic hydroxyl groups excluding tert-OH is 2. The molecule has 0 rings (SSSR count). The van der Waals surface area contributed by atoms with E-state index in [4.69, 9.17) is 4.74 Å². The van der Waals surface area contributed by atoms with Crippen molar-refractivity contribution in [3.8, 4) is 0 Å². The van der Waals surface area contributed by atoms with Gasteiger partial charge in [-0.15, -0.1) is 0 Å². The van der Waals surface area contributed by atoms with Crippen LogP contribution in [0.3, 0.4) is 0 Å². The maximum Gasteiger partial charge on any atom is 0.306 e. The van der Waals surface area contributed by atoms with E-state index in [1.165, 1.54) is 70.6 Å². The first-order chi connectivity index (χ1) is 29.5. The van der Waals surface area contributed by atoms with Crippen molar-refractivity contribution in [3.05, 3.63) is 72.9 Å². The predicted octanol–water partition coefficient (Wildman–Crippen LogP) is 15.0. The zero-order valence-electron chi connectivity index (χ0n) is 39.3. The highest BCUT2D eigenvalue weighted by Gasteiger charge is 2.24. The largest absolute Gasteiger partial charge is 0.462 e. The van der Waals surface area contributed by atoms with Crippen LogP contribution in [-0.4, -0.2) is 46.9 Å². The number of carbonyl (C=O) groups is 2. The monoisotopic (exact) mass is 838 g/mol. The number of hydrogen-bond donors (Lipinski definition) is 3. The first-order valence-corrected chi connectivity index (χ1v) is 25.2. The Kier molecular flexibility index (Phi) is 45.2. The Morgan fingerprint density at radius 2 is 0.900 bits per heavy atom. The second-order valence-corrected chi connectivity index (χ2v) is 16.8. The van der Waals surface area contributed by atoms with Crippen molar-refractivity contribution < 1.29 is 24.5 Å². The van der Waals surface area contributed by atoms with Gasteiger partial charge in [0.1, 0.15) is 6.10 Å². The van der Waals surface area contributed by atoms with Gasteiger partial charge < -0.3 is 20.3 Å². The fourth-order valence-corrected chi connectivity index (χ4v) is 7.28. The van der Waals surface area contributed by atoms with Crippen molar-refractivity contribution in [1.82, 2.24) is 5.32 Å². The molecule has 0 aromatic rings. The molecule has 0 aliphatic rings. The molecule has 0 bridgehead atoms. The van der Waals surface area contributed by atoms with Gasteiger partial charge in [0, 0.05) is 6.42 Å². The molecule has 0 aliphatic carbocycles. The summed E-state index contributed by atoms with van der Waals surface area (Å²) in [5.41, 5.74) is 0. The summed E-state index contributed by atoms with van der Waals surface area (Å²) in [7, 11) is 0. The number of allylic oxidation sites excluding steroid dienone is 12. The molecule has 0 fully saturated rings. The van der Waals surface area contributed by atoms with Gasteiger partial charge in [-0.05, 0) is 89.9 Å². The van der Waals surface area contributed by atoms with E-state index in [2.05, 4.69) is 99.0 Å². The third kappa shape index (κ3) is 42.0. The molecule has 6 nitrogen and oxygen atoms in total. The number of carbonyl (C=O) groups excluding carboxylic acids is 2. The number of unbranched alkanes of at least 4 members (excludes halogenated alkanes) is 20. The van der Waals surface area contributed by atoms with Crippen LogP contribution in [0.25, 0.3) is 0 Å². The molecule has 6 heteroatoms. The van der Waals surface area contributed by atoms with Crippen LogP contribution in [0.1, 0.15) is 233 Å². The SMILES string of the molecule is CC/C=C/C/C=C/C/C=C/CCCCCCCCC(=O)OC(CCCCCC/C=C/C/C=C/C/C=C/CC)CC(=O)NC(CO)C(O)CCCCCCCCCCCCC. The number of aliphatic hydroxyl groups is 2. The maximum atomic E-state index is 13.2. The Bertz CT molecular complexity index is 1120. The zero-order valence-corrected chi connectivity index (χ0v) is 39.3. The lowest BCUT2D eigenvalue weighted by molar-refractivity contribution is -0.151. The Labute approximate surface area is 371 Å². The minimum Gasteiger partial charge on any atom is -0.462 e. The van der Waals surface area contributed by atoms with Crippen molar-refractivity contribution in [2.75, 3.05) is 6.61 Å². The summed E-state index contributed by atoms with van der Waals surface area (Å²) in [6, 6.07) is -0.713. The van der Waals surface area contributed by atoms with Gasteiger partial charge in [-0.1, -0.05) is 203 Å². The molecule has 0 radical (unpaired) electrons. The molecule has 1 amide bonds. The number of nitrogens with one attached hydrogen (secondary N) is 1. The first kappa shape index (κ1) is 57.3. The third-order valence-electron chi connectivity index (χ3n) is 11.0. The summed E-state index contributed by atoms with van der Waals surface area (Å²) >= 11 is 0. The van der Waals surface area contributed by atoms with Crippen LogP contribution in [0.2, 0.25) is 0 Å². The molecular weight excluding hydrogens is 743 g/mol. The van der Waals surface area contributed by atoms with Crippen LogP contribution < -0.4 is 5.32 Å². The van der Waals surface area contributed by atoms with Crippen molar-refractivity contribution >= 4 is 11.9 Å². The molecule has 0 aromatic heterocycles. The molecular formula is C54H95NO5. The van der Waals surface area contributed by atoms with Crippen LogP contribution in [0.15, 0.2) is 72.9 Å². The molecule has 60 heavy (non-hydrogen) atoms. The van der Waals surface area contributed by atoms with Gasteiger partial charge in [0.15, 0.2) is 0 Å². The second kappa shape index (κ2) is 47.4. The third-order valence-corrected chi connectivity index (χ3v) is 11.0. The highest BCUT2D eigenvalue weighted by Crippen LogP contribution is 2.17. The van der Waals surface area contributed by atoms with Crippen molar-refractivity contribution in [2.24, 2.45) is 0 Å². The van der Waals surface area contributed by atoms with E-state index >= 15 is 0 Å². The zero-order chi connectivity index (χ0) is 43.8. The highest BCUT2D eigenvalue weighted by molar-refractivity contribution is 5.77. The lowest BCUT2D eigenvalue weighted by Gasteiger charge is -2.24. The van der Waals surface area contributed by atoms with Crippen molar-refractivity contribution in [2.45, 2.75) is 251 Å². The number of rotatable bonds is 44. The maximum absolute atomic E-state index is 13.2. The summed E-state index contributed by atoms with van der Waals surface area (Å²) in [4.78, 5) is 26.1. The Morgan fingerprint density at radius 1 is 0.500 bits per heavy atom. The van der Waals surface area contributed by atoms with Gasteiger partial charge in [0.2, 0.25) is 5.91 Å². The summed E-state index contributed by atoms with van der Waals surface area (Å²) in [5, 5.41) is 23.7. The van der Waals surface area contributed by atoms with Gasteiger partial charge in [-0.2, -0.15) is 0 Å². The lowest BCUT2D eigenvalue weighted by Crippen LogP contribution is -2.46. The lowest BCUT2D eigenvalue weighted by atomic mass is 10.0. The van der Waals surface area contributed by atoms with Crippen LogP contribution >= 0.6 is 0 Å². The van der Waals surface area contributed by atoms with Crippen LogP contribution in [-0.2, 0) is 14.3 Å². The molecule has 0 saturated heterocycles. The Morgan fingerprint density at radius 3 is 1.37 bits per heavy atom. The molecule has 346 valence electrons. The van der Waals surface area contributed by atoms with Gasteiger partial charge in [0.05, 0.1) is 25.2 Å². The number of ether oxygens (including phenoxy) is 1. The van der Waals surface area contributed by atoms with Crippen molar-refractivity contribution in [3.63, 3.8) is 0 Å². The number of esters is 1. The van der Waals surface area contributed by atoms with Crippen molar-refractivity contribution in [1.29, 1.82) is 0 Å². The smallest absolute Gasteiger partial charge is 0.306 e. The first-order valence-electron chi connectivity index (χ1n) is 25.2. The molecule has 0 aromatic carbocycles. The van der Waals surface area contributed by atoms with E-state index < -0.39 is 18.2 Å². The average molecular weight is 838 g/mol. The quantitative estimate of drug-likeness (QED) is 0.0323. The molecule has 0 aliphatic heterocycles. The highest BCUT2D eigenvalue weighted by atomic mass is 16.5. The van der Waals surface area contributed by atoms with E-state index in [0.717, 1.165) is 116 Å². The van der Waals surface area contributed by atoms with Gasteiger partial charge >= 0.3 is 5.97 Å². The fraction of sp³-hybridized carbons (Fsp3) is 0.741. The molecule has 0 saturated carbocycles. The number of hydrogen-bond acceptors (Lipinski definition) is 5. The minimum absolute atomic E-state index is 0.0545. The standard InChI is InChI=1S/C54H95NO5/c1-4-7-10-13-16-19-22-24-26-27-29-32-35-38-41-44-47-54(59)60-50(45-42-39-36-33-31-28-25-23-20-17-14-11-8-5-2)48-53(58)55-51(49-56)52(57)46-43-40-37-34-30-21-18-15-12-9-6-3/h7-8,10-11,16-17,19-20,24-26,28,50-52,56-57H,4-6,9,12-15,18,21-23,27,29-49H2,1-3H3,(H,55,58)/b10-7+,11-8+,19-16+,20-17+,26-24+,28-25+. The van der Waals surface area contributed by atoms with Gasteiger partial charge in [-0.3, -0.25) is 9.59 Å². The molecule has 3 unspecified atom stereocenters. The molecule has 3 atom stereocenters. The van der Waals surface area contributed by atoms with E-state index in [9.17, 15) is 19.8 Å². The van der Waals surface area contributed by atoms with E-state index in [1.807, 2.05) is 0 Å². The van der Waals surface area contributed by atoms with E-state index in [-0.39, 0.29) is 24.9 Å². The van der Waals surface area contributed by atoms with Gasteiger partial charge in [-0.25, -0.2) is 0 Å². The molecule has 0 spiro atoms. The van der Waals surface area contributed by atoms with Gasteiger partial charge in [0.25, 0.3) is 0 Å². The normalized spacial score (nSPS) is 13.9. The summed E-state index contributed by atoms with van der Waals surface area (Å²) in [6.45, 7) is 6.24. The topological polar surface area (TPSA) is 95.9 Å². The summed E-state index contributed by atoms with van der Waals surface area (Å²) < 4.78 is 5.92. The van der Waals surface area contributed by atoms with Crippen LogP contribution in [0.4, 0.5) is 0 Å².